The Balaban J connectivity index is 1.92. The van der Waals surface area contributed by atoms with Crippen LogP contribution in [0.4, 0.5) is 11.4 Å². The number of sulfonamides is 1. The molecule has 0 spiro atoms. The van der Waals surface area contributed by atoms with Gasteiger partial charge < -0.3 is 14.8 Å². The summed E-state index contributed by atoms with van der Waals surface area (Å²) >= 11 is 0. The molecular weight excluding hydrogens is 446 g/mol. The van der Waals surface area contributed by atoms with Crippen LogP contribution in [0.15, 0.2) is 71.8 Å². The van der Waals surface area contributed by atoms with E-state index in [9.17, 15) is 18.0 Å². The summed E-state index contributed by atoms with van der Waals surface area (Å²) < 4.78 is 37.8. The maximum absolute atomic E-state index is 13.3. The minimum atomic E-state index is -3.91. The lowest BCUT2D eigenvalue weighted by Crippen LogP contribution is -2.30. The summed E-state index contributed by atoms with van der Waals surface area (Å²) in [6.07, 6.45) is 1.22. The fraction of sp³-hybridized carbons (Fsp3) is 0.174. The van der Waals surface area contributed by atoms with Crippen LogP contribution in [-0.4, -0.2) is 46.0 Å². The Labute approximate surface area is 192 Å². The molecule has 0 fully saturated rings. The van der Waals surface area contributed by atoms with Crippen LogP contribution >= 0.6 is 0 Å². The topological polar surface area (TPSA) is 115 Å². The second-order valence-electron chi connectivity index (χ2n) is 6.75. The van der Waals surface area contributed by atoms with Gasteiger partial charge in [0.05, 0.1) is 36.1 Å². The van der Waals surface area contributed by atoms with Crippen LogP contribution in [0.25, 0.3) is 0 Å². The molecule has 0 aliphatic carbocycles. The van der Waals surface area contributed by atoms with Crippen molar-refractivity contribution in [3.05, 3.63) is 78.1 Å². The lowest BCUT2D eigenvalue weighted by atomic mass is 10.2. The number of carbonyl (C=O) groups is 2. The third kappa shape index (κ3) is 5.12. The molecule has 0 bridgehead atoms. The molecule has 3 rings (SSSR count). The molecule has 1 N–H and O–H groups in total. The maximum atomic E-state index is 13.3. The molecule has 0 aliphatic heterocycles. The molecule has 3 aromatic rings. The molecule has 0 saturated heterocycles. The van der Waals surface area contributed by atoms with Gasteiger partial charge in [0.1, 0.15) is 11.4 Å². The van der Waals surface area contributed by atoms with Crippen molar-refractivity contribution < 1.29 is 27.5 Å². The number of nitrogens with one attached hydrogen (secondary N) is 1. The summed E-state index contributed by atoms with van der Waals surface area (Å²) in [6, 6.07) is 15.7. The number of para-hydroxylation sites is 1. The van der Waals surface area contributed by atoms with Gasteiger partial charge in [-0.1, -0.05) is 18.2 Å². The monoisotopic (exact) mass is 469 g/mol. The van der Waals surface area contributed by atoms with E-state index in [2.05, 4.69) is 15.0 Å². The van der Waals surface area contributed by atoms with Crippen LogP contribution in [0, 0.1) is 0 Å². The standard InChI is InChI=1S/C23H23N3O6S/c1-4-26(17-8-6-5-7-9-17)33(29,30)18-11-13-21(31-2)20(14-18)25-22(27)19-12-10-16(15-24-19)23(28)32-3/h5-15H,4H2,1-3H3,(H,25,27). The highest BCUT2D eigenvalue weighted by molar-refractivity contribution is 7.92. The first kappa shape index (κ1) is 23.7. The zero-order chi connectivity index (χ0) is 24.0. The third-order valence-electron chi connectivity index (χ3n) is 4.76. The van der Waals surface area contributed by atoms with E-state index in [1.807, 2.05) is 0 Å². The number of amides is 1. The van der Waals surface area contributed by atoms with Gasteiger partial charge >= 0.3 is 5.97 Å². The minimum absolute atomic E-state index is 0.0155. The van der Waals surface area contributed by atoms with Crippen molar-refractivity contribution in [1.29, 1.82) is 0 Å². The highest BCUT2D eigenvalue weighted by Crippen LogP contribution is 2.31. The number of anilines is 2. The molecule has 2 aromatic carbocycles. The van der Waals surface area contributed by atoms with Gasteiger partial charge in [0, 0.05) is 12.7 Å². The molecule has 0 aliphatic rings. The van der Waals surface area contributed by atoms with E-state index in [-0.39, 0.29) is 34.1 Å². The van der Waals surface area contributed by atoms with Crippen LogP contribution in [0.5, 0.6) is 5.75 Å². The average Bonchev–Trinajstić information content (AvgIpc) is 2.84. The Hall–Kier alpha value is -3.92. The molecular formula is C23H23N3O6S. The van der Waals surface area contributed by atoms with Crippen molar-refractivity contribution in [2.75, 3.05) is 30.4 Å². The van der Waals surface area contributed by atoms with Crippen molar-refractivity contribution in [2.24, 2.45) is 0 Å². The summed E-state index contributed by atoms with van der Waals surface area (Å²) in [4.78, 5) is 28.2. The molecule has 0 radical (unpaired) electrons. The quantitative estimate of drug-likeness (QED) is 0.503. The zero-order valence-electron chi connectivity index (χ0n) is 18.3. The van der Waals surface area contributed by atoms with E-state index in [1.165, 1.54) is 55.1 Å². The highest BCUT2D eigenvalue weighted by Gasteiger charge is 2.25. The Morgan fingerprint density at radius 3 is 2.33 bits per heavy atom. The summed E-state index contributed by atoms with van der Waals surface area (Å²) in [6.45, 7) is 1.96. The number of nitrogens with zero attached hydrogens (tertiary/aromatic N) is 2. The van der Waals surface area contributed by atoms with Crippen molar-refractivity contribution in [1.82, 2.24) is 4.98 Å². The second kappa shape index (κ2) is 10.1. The smallest absolute Gasteiger partial charge is 0.339 e. The van der Waals surface area contributed by atoms with Crippen LogP contribution in [0.2, 0.25) is 0 Å². The van der Waals surface area contributed by atoms with Crippen molar-refractivity contribution in [3.8, 4) is 5.75 Å². The summed E-state index contributed by atoms with van der Waals surface area (Å²) in [5.41, 5.74) is 0.903. The first-order valence-corrected chi connectivity index (χ1v) is 11.4. The van der Waals surface area contributed by atoms with Crippen molar-refractivity contribution >= 4 is 33.3 Å². The van der Waals surface area contributed by atoms with E-state index < -0.39 is 21.9 Å². The first-order chi connectivity index (χ1) is 15.8. The predicted molar refractivity (Wildman–Crippen MR) is 123 cm³/mol. The van der Waals surface area contributed by atoms with Crippen molar-refractivity contribution in [2.45, 2.75) is 11.8 Å². The lowest BCUT2D eigenvalue weighted by molar-refractivity contribution is 0.0600. The molecule has 1 aromatic heterocycles. The fourth-order valence-electron chi connectivity index (χ4n) is 3.11. The summed E-state index contributed by atoms with van der Waals surface area (Å²) in [7, 11) is -1.26. The molecule has 9 nitrogen and oxygen atoms in total. The average molecular weight is 470 g/mol. The fourth-order valence-corrected chi connectivity index (χ4v) is 4.61. The second-order valence-corrected chi connectivity index (χ2v) is 8.61. The van der Waals surface area contributed by atoms with E-state index in [0.29, 0.717) is 5.69 Å². The van der Waals surface area contributed by atoms with Crippen molar-refractivity contribution in [3.63, 3.8) is 0 Å². The van der Waals surface area contributed by atoms with Gasteiger partial charge in [-0.25, -0.2) is 13.2 Å². The Bertz CT molecular complexity index is 1240. The largest absolute Gasteiger partial charge is 0.495 e. The molecule has 1 amide bonds. The number of pyridine rings is 1. The lowest BCUT2D eigenvalue weighted by Gasteiger charge is -2.23. The predicted octanol–water partition coefficient (Wildman–Crippen LogP) is 3.34. The molecule has 0 unspecified atom stereocenters. The van der Waals surface area contributed by atoms with Crippen LogP contribution < -0.4 is 14.4 Å². The van der Waals surface area contributed by atoms with E-state index in [4.69, 9.17) is 4.74 Å². The summed E-state index contributed by atoms with van der Waals surface area (Å²) in [5, 5.41) is 2.62. The number of rotatable bonds is 8. The number of ether oxygens (including phenoxy) is 2. The zero-order valence-corrected chi connectivity index (χ0v) is 19.1. The normalized spacial score (nSPS) is 10.9. The number of aromatic nitrogens is 1. The molecule has 0 atom stereocenters. The van der Waals surface area contributed by atoms with Gasteiger partial charge in [-0.3, -0.25) is 14.1 Å². The van der Waals surface area contributed by atoms with Crippen LogP contribution in [0.3, 0.4) is 0 Å². The van der Waals surface area contributed by atoms with Gasteiger partial charge in [-0.15, -0.1) is 0 Å². The number of methoxy groups -OCH3 is 2. The van der Waals surface area contributed by atoms with Gasteiger partial charge in [0.2, 0.25) is 0 Å². The molecule has 33 heavy (non-hydrogen) atoms. The SMILES string of the molecule is CCN(c1ccccc1)S(=O)(=O)c1ccc(OC)c(NC(=O)c2ccc(C(=O)OC)cn2)c1. The molecule has 172 valence electrons. The minimum Gasteiger partial charge on any atom is -0.495 e. The Morgan fingerprint density at radius 1 is 1.03 bits per heavy atom. The highest BCUT2D eigenvalue weighted by atomic mass is 32.2. The Kier molecular flexibility index (Phi) is 7.29. The number of esters is 1. The Morgan fingerprint density at radius 2 is 1.76 bits per heavy atom. The maximum Gasteiger partial charge on any atom is 0.339 e. The molecule has 0 saturated carbocycles. The van der Waals surface area contributed by atoms with Gasteiger partial charge in [-0.05, 0) is 49.4 Å². The van der Waals surface area contributed by atoms with Crippen LogP contribution in [-0.2, 0) is 14.8 Å². The van der Waals surface area contributed by atoms with Gasteiger partial charge in [0.25, 0.3) is 15.9 Å². The van der Waals surface area contributed by atoms with Gasteiger partial charge in [0.15, 0.2) is 0 Å². The van der Waals surface area contributed by atoms with E-state index >= 15 is 0 Å². The van der Waals surface area contributed by atoms with Gasteiger partial charge in [-0.2, -0.15) is 0 Å². The molecule has 1 heterocycles. The first-order valence-electron chi connectivity index (χ1n) is 9.93. The third-order valence-corrected chi connectivity index (χ3v) is 6.65. The van der Waals surface area contributed by atoms with E-state index in [1.54, 1.807) is 37.3 Å². The number of hydrogen-bond acceptors (Lipinski definition) is 7. The summed E-state index contributed by atoms with van der Waals surface area (Å²) in [5.74, 6) is -0.904. The number of benzene rings is 2. The molecule has 10 heteroatoms. The number of hydrogen-bond donors (Lipinski definition) is 1. The van der Waals surface area contributed by atoms with E-state index in [0.717, 1.165) is 0 Å². The number of carbonyl (C=O) groups excluding carboxylic acids is 2. The van der Waals surface area contributed by atoms with Crippen LogP contribution in [0.1, 0.15) is 27.8 Å².